The Morgan fingerprint density at radius 2 is 2.00 bits per heavy atom. The molecular formula is C16H22N2O3. The van der Waals surface area contributed by atoms with Gasteiger partial charge in [-0.2, -0.15) is 0 Å². The molecule has 0 spiro atoms. The van der Waals surface area contributed by atoms with E-state index in [0.717, 1.165) is 17.5 Å². The van der Waals surface area contributed by atoms with Crippen molar-refractivity contribution in [2.45, 2.75) is 33.4 Å². The van der Waals surface area contributed by atoms with Crippen LogP contribution in [-0.4, -0.2) is 35.0 Å². The molecule has 1 aliphatic rings. The Hall–Kier alpha value is -1.88. The minimum Gasteiger partial charge on any atom is -0.478 e. The molecule has 1 heterocycles. The predicted octanol–water partition coefficient (Wildman–Crippen LogP) is 1.86. The number of rotatable bonds is 6. The number of fused-ring (bicyclic) bond motifs is 1. The molecule has 21 heavy (non-hydrogen) atoms. The molecule has 0 bridgehead atoms. The molecule has 1 amide bonds. The molecular weight excluding hydrogens is 268 g/mol. The van der Waals surface area contributed by atoms with E-state index in [2.05, 4.69) is 19.2 Å². The highest BCUT2D eigenvalue weighted by Gasteiger charge is 2.21. The summed E-state index contributed by atoms with van der Waals surface area (Å²) in [5, 5.41) is 11.9. The second kappa shape index (κ2) is 6.72. The highest BCUT2D eigenvalue weighted by molar-refractivity contribution is 5.88. The third-order valence-electron chi connectivity index (χ3n) is 3.65. The maximum atomic E-state index is 11.9. The molecule has 5 nitrogen and oxygen atoms in total. The molecule has 0 aliphatic carbocycles. The minimum absolute atomic E-state index is 0.0296. The van der Waals surface area contributed by atoms with Crippen molar-refractivity contribution >= 4 is 11.9 Å². The molecule has 0 saturated carbocycles. The van der Waals surface area contributed by atoms with Crippen LogP contribution in [0.1, 0.15) is 41.8 Å². The summed E-state index contributed by atoms with van der Waals surface area (Å²) >= 11 is 0. The van der Waals surface area contributed by atoms with Crippen molar-refractivity contribution < 1.29 is 14.7 Å². The van der Waals surface area contributed by atoms with Gasteiger partial charge in [-0.05, 0) is 35.6 Å². The number of amides is 1. The summed E-state index contributed by atoms with van der Waals surface area (Å²) in [6, 6.07) is 5.16. The van der Waals surface area contributed by atoms with E-state index in [9.17, 15) is 9.59 Å². The lowest BCUT2D eigenvalue weighted by molar-refractivity contribution is -0.122. The van der Waals surface area contributed by atoms with Crippen LogP contribution in [0.5, 0.6) is 0 Å². The van der Waals surface area contributed by atoms with E-state index >= 15 is 0 Å². The van der Waals surface area contributed by atoms with E-state index in [1.807, 2.05) is 11.0 Å². The van der Waals surface area contributed by atoms with Crippen LogP contribution in [0.3, 0.4) is 0 Å². The van der Waals surface area contributed by atoms with E-state index in [-0.39, 0.29) is 5.91 Å². The normalized spacial score (nSPS) is 14.2. The summed E-state index contributed by atoms with van der Waals surface area (Å²) < 4.78 is 0. The van der Waals surface area contributed by atoms with Crippen LogP contribution in [0, 0.1) is 5.92 Å². The van der Waals surface area contributed by atoms with Gasteiger partial charge in [0.25, 0.3) is 0 Å². The van der Waals surface area contributed by atoms with Gasteiger partial charge in [0.1, 0.15) is 0 Å². The number of carboxylic acids is 1. The molecule has 2 N–H and O–H groups in total. The van der Waals surface area contributed by atoms with Gasteiger partial charge in [0.05, 0.1) is 12.1 Å². The zero-order chi connectivity index (χ0) is 15.4. The number of carbonyl (C=O) groups is 2. The van der Waals surface area contributed by atoms with E-state index < -0.39 is 5.97 Å². The highest BCUT2D eigenvalue weighted by atomic mass is 16.4. The van der Waals surface area contributed by atoms with Gasteiger partial charge in [0.2, 0.25) is 5.91 Å². The van der Waals surface area contributed by atoms with Crippen LogP contribution in [0.4, 0.5) is 0 Å². The van der Waals surface area contributed by atoms with Gasteiger partial charge >= 0.3 is 5.97 Å². The molecule has 0 radical (unpaired) electrons. The van der Waals surface area contributed by atoms with Crippen molar-refractivity contribution in [2.75, 3.05) is 13.1 Å². The topological polar surface area (TPSA) is 69.6 Å². The molecule has 0 fully saturated rings. The summed E-state index contributed by atoms with van der Waals surface area (Å²) in [4.78, 5) is 24.8. The first-order chi connectivity index (χ1) is 9.95. The van der Waals surface area contributed by atoms with Crippen molar-refractivity contribution in [2.24, 2.45) is 5.92 Å². The smallest absolute Gasteiger partial charge is 0.335 e. The van der Waals surface area contributed by atoms with Crippen molar-refractivity contribution in [3.05, 3.63) is 34.9 Å². The average molecular weight is 290 g/mol. The van der Waals surface area contributed by atoms with Gasteiger partial charge in [0.15, 0.2) is 0 Å². The number of nitrogens with zero attached hydrogens (tertiary/aromatic N) is 1. The average Bonchev–Trinajstić information content (AvgIpc) is 2.78. The van der Waals surface area contributed by atoms with E-state index in [1.54, 1.807) is 12.1 Å². The summed E-state index contributed by atoms with van der Waals surface area (Å²) in [6.07, 6.45) is 0.980. The Balaban J connectivity index is 1.85. The van der Waals surface area contributed by atoms with Crippen molar-refractivity contribution in [3.63, 3.8) is 0 Å². The van der Waals surface area contributed by atoms with Crippen LogP contribution < -0.4 is 5.32 Å². The van der Waals surface area contributed by atoms with Gasteiger partial charge in [-0.3, -0.25) is 9.69 Å². The van der Waals surface area contributed by atoms with Gasteiger partial charge in [0, 0.05) is 19.6 Å². The van der Waals surface area contributed by atoms with E-state index in [1.165, 1.54) is 0 Å². The van der Waals surface area contributed by atoms with Crippen molar-refractivity contribution in [1.29, 1.82) is 0 Å². The van der Waals surface area contributed by atoms with Gasteiger partial charge in [-0.1, -0.05) is 19.9 Å². The van der Waals surface area contributed by atoms with Crippen molar-refractivity contribution in [3.8, 4) is 0 Å². The van der Waals surface area contributed by atoms with Crippen LogP contribution in [0.2, 0.25) is 0 Å². The third kappa shape index (κ3) is 4.29. The molecule has 1 aromatic carbocycles. The molecule has 1 aromatic rings. The summed E-state index contributed by atoms with van der Waals surface area (Å²) in [5.74, 6) is -0.305. The number of carboxylic acid groups (broad SMARTS) is 1. The number of nitrogens with one attached hydrogen (secondary N) is 1. The molecule has 1 aliphatic heterocycles. The zero-order valence-corrected chi connectivity index (χ0v) is 12.6. The fraction of sp³-hybridized carbons (Fsp3) is 0.500. The first-order valence-corrected chi connectivity index (χ1v) is 7.30. The second-order valence-corrected chi connectivity index (χ2v) is 5.97. The molecule has 5 heteroatoms. The molecule has 114 valence electrons. The molecule has 2 rings (SSSR count). The second-order valence-electron chi connectivity index (χ2n) is 5.97. The van der Waals surface area contributed by atoms with Crippen LogP contribution in [0.25, 0.3) is 0 Å². The van der Waals surface area contributed by atoms with Gasteiger partial charge in [-0.25, -0.2) is 4.79 Å². The predicted molar refractivity (Wildman–Crippen MR) is 80.0 cm³/mol. The fourth-order valence-electron chi connectivity index (χ4n) is 2.47. The number of hydrogen-bond acceptors (Lipinski definition) is 3. The fourth-order valence-corrected chi connectivity index (χ4v) is 2.47. The monoisotopic (exact) mass is 290 g/mol. The molecule has 0 saturated heterocycles. The third-order valence-corrected chi connectivity index (χ3v) is 3.65. The van der Waals surface area contributed by atoms with Crippen LogP contribution in [0.15, 0.2) is 18.2 Å². The molecule has 0 unspecified atom stereocenters. The van der Waals surface area contributed by atoms with E-state index in [4.69, 9.17) is 5.11 Å². The SMILES string of the molecule is CC(C)CCNC(=O)CN1Cc2ccc(C(=O)O)cc2C1. The molecule has 0 aromatic heterocycles. The largest absolute Gasteiger partial charge is 0.478 e. The lowest BCUT2D eigenvalue weighted by Crippen LogP contribution is -2.35. The quantitative estimate of drug-likeness (QED) is 0.839. The van der Waals surface area contributed by atoms with Gasteiger partial charge in [-0.15, -0.1) is 0 Å². The Morgan fingerprint density at radius 1 is 1.29 bits per heavy atom. The highest BCUT2D eigenvalue weighted by Crippen LogP contribution is 2.23. The Morgan fingerprint density at radius 3 is 2.67 bits per heavy atom. The summed E-state index contributed by atoms with van der Waals surface area (Å²) in [6.45, 7) is 6.66. The first kappa shape index (κ1) is 15.5. The number of hydrogen-bond donors (Lipinski definition) is 2. The Labute approximate surface area is 125 Å². The van der Waals surface area contributed by atoms with Crippen LogP contribution >= 0.6 is 0 Å². The Kier molecular flexibility index (Phi) is 4.96. The Bertz CT molecular complexity index is 540. The molecule has 0 atom stereocenters. The number of aromatic carboxylic acids is 1. The summed E-state index contributed by atoms with van der Waals surface area (Å²) in [7, 11) is 0. The minimum atomic E-state index is -0.914. The summed E-state index contributed by atoms with van der Waals surface area (Å²) in [5.41, 5.74) is 2.41. The van der Waals surface area contributed by atoms with Crippen LogP contribution in [-0.2, 0) is 17.9 Å². The van der Waals surface area contributed by atoms with Gasteiger partial charge < -0.3 is 10.4 Å². The zero-order valence-electron chi connectivity index (χ0n) is 12.6. The van der Waals surface area contributed by atoms with Crippen molar-refractivity contribution in [1.82, 2.24) is 10.2 Å². The van der Waals surface area contributed by atoms with E-state index in [0.29, 0.717) is 37.7 Å². The lowest BCUT2D eigenvalue weighted by Gasteiger charge is -2.14. The first-order valence-electron chi connectivity index (χ1n) is 7.30. The number of carbonyl (C=O) groups excluding carboxylic acids is 1. The lowest BCUT2D eigenvalue weighted by atomic mass is 10.1. The standard InChI is InChI=1S/C16H22N2O3/c1-11(2)5-6-17-15(19)10-18-8-13-4-3-12(16(20)21)7-14(13)9-18/h3-4,7,11H,5-6,8-10H2,1-2H3,(H,17,19)(H,20,21). The maximum Gasteiger partial charge on any atom is 0.335 e. The maximum absolute atomic E-state index is 11.9. The number of benzene rings is 1.